The van der Waals surface area contributed by atoms with E-state index in [9.17, 15) is 14.7 Å². The zero-order valence-electron chi connectivity index (χ0n) is 17.3. The van der Waals surface area contributed by atoms with E-state index in [0.717, 1.165) is 35.7 Å². The van der Waals surface area contributed by atoms with Crippen molar-refractivity contribution in [2.24, 2.45) is 0 Å². The highest BCUT2D eigenvalue weighted by molar-refractivity contribution is 6.34. The molecular formula is C23H26N4O4. The van der Waals surface area contributed by atoms with E-state index < -0.39 is 6.10 Å². The minimum Gasteiger partial charge on any atom is -0.390 e. The number of aliphatic hydroxyl groups is 1. The first kappa shape index (κ1) is 20.0. The third-order valence-electron chi connectivity index (χ3n) is 6.08. The molecule has 1 fully saturated rings. The van der Waals surface area contributed by atoms with E-state index in [1.54, 1.807) is 17.0 Å². The number of nitrogens with zero attached hydrogens (tertiary/aromatic N) is 2. The fourth-order valence-corrected chi connectivity index (χ4v) is 4.51. The lowest BCUT2D eigenvalue weighted by Gasteiger charge is -2.32. The monoisotopic (exact) mass is 422 g/mol. The lowest BCUT2D eigenvalue weighted by molar-refractivity contribution is -0.110. The zero-order chi connectivity index (χ0) is 21.4. The van der Waals surface area contributed by atoms with Crippen LogP contribution in [0.5, 0.6) is 0 Å². The number of fused-ring (bicyclic) bond motifs is 2. The highest BCUT2D eigenvalue weighted by Crippen LogP contribution is 2.33. The average Bonchev–Trinajstić information content (AvgIpc) is 3.32. The van der Waals surface area contributed by atoms with Gasteiger partial charge in [0.1, 0.15) is 0 Å². The van der Waals surface area contributed by atoms with Gasteiger partial charge in [0, 0.05) is 61.8 Å². The van der Waals surface area contributed by atoms with E-state index in [1.807, 2.05) is 24.3 Å². The Morgan fingerprint density at radius 2 is 1.90 bits per heavy atom. The van der Waals surface area contributed by atoms with Crippen LogP contribution in [0.3, 0.4) is 0 Å². The Bertz CT molecular complexity index is 1040. The number of nitrogens with one attached hydrogen (secondary N) is 2. The lowest BCUT2D eigenvalue weighted by atomic mass is 10.1. The lowest BCUT2D eigenvalue weighted by Crippen LogP contribution is -2.47. The number of hydrogen-bond acceptors (Lipinski definition) is 5. The van der Waals surface area contributed by atoms with Crippen molar-refractivity contribution in [1.29, 1.82) is 0 Å². The molecular weight excluding hydrogens is 396 g/mol. The van der Waals surface area contributed by atoms with Gasteiger partial charge in [-0.25, -0.2) is 0 Å². The summed E-state index contributed by atoms with van der Waals surface area (Å²) in [7, 11) is 0. The molecule has 8 heteroatoms. The number of morpholine rings is 1. The van der Waals surface area contributed by atoms with Crippen LogP contribution in [0.1, 0.15) is 27.3 Å². The van der Waals surface area contributed by atoms with Gasteiger partial charge in [0.15, 0.2) is 0 Å². The molecule has 1 aromatic carbocycles. The molecule has 3 aliphatic heterocycles. The van der Waals surface area contributed by atoms with Crippen LogP contribution in [0.4, 0.5) is 5.69 Å². The van der Waals surface area contributed by atoms with Gasteiger partial charge in [-0.1, -0.05) is 18.2 Å². The number of carbonyl (C=O) groups is 2. The summed E-state index contributed by atoms with van der Waals surface area (Å²) in [6.45, 7) is 4.40. The smallest absolute Gasteiger partial charge is 0.256 e. The quantitative estimate of drug-likeness (QED) is 0.629. The van der Waals surface area contributed by atoms with Crippen molar-refractivity contribution in [2.45, 2.75) is 12.5 Å². The Labute approximate surface area is 180 Å². The third-order valence-corrected chi connectivity index (χ3v) is 6.08. The molecule has 0 spiro atoms. The van der Waals surface area contributed by atoms with Gasteiger partial charge in [0.2, 0.25) is 0 Å². The highest BCUT2D eigenvalue weighted by Gasteiger charge is 2.29. The second kappa shape index (κ2) is 8.30. The van der Waals surface area contributed by atoms with Crippen LogP contribution in [0, 0.1) is 0 Å². The summed E-state index contributed by atoms with van der Waals surface area (Å²) >= 11 is 0. The molecule has 1 unspecified atom stereocenters. The maximum atomic E-state index is 13.0. The number of ether oxygens (including phenoxy) is 1. The number of aromatic nitrogens is 1. The van der Waals surface area contributed by atoms with Gasteiger partial charge in [-0.15, -0.1) is 0 Å². The second-order valence-electron chi connectivity index (χ2n) is 8.24. The van der Waals surface area contributed by atoms with E-state index in [-0.39, 0.29) is 11.8 Å². The van der Waals surface area contributed by atoms with Gasteiger partial charge in [0.05, 0.1) is 30.5 Å². The van der Waals surface area contributed by atoms with Crippen LogP contribution in [0.2, 0.25) is 0 Å². The number of H-pyrrole nitrogens is 1. The van der Waals surface area contributed by atoms with Gasteiger partial charge in [-0.05, 0) is 18.2 Å². The number of aromatic amines is 1. The van der Waals surface area contributed by atoms with Gasteiger partial charge in [-0.3, -0.25) is 14.5 Å². The number of anilines is 1. The third kappa shape index (κ3) is 4.01. The molecule has 2 amide bonds. The van der Waals surface area contributed by atoms with E-state index >= 15 is 0 Å². The molecule has 8 nitrogen and oxygen atoms in total. The molecule has 5 rings (SSSR count). The maximum absolute atomic E-state index is 13.0. The molecule has 0 bridgehead atoms. The predicted octanol–water partition coefficient (Wildman–Crippen LogP) is 1.20. The largest absolute Gasteiger partial charge is 0.390 e. The molecule has 4 heterocycles. The number of amides is 2. The first-order valence-electron chi connectivity index (χ1n) is 10.7. The molecule has 0 radical (unpaired) electrons. The van der Waals surface area contributed by atoms with Gasteiger partial charge in [-0.2, -0.15) is 0 Å². The Morgan fingerprint density at radius 1 is 1.10 bits per heavy atom. The van der Waals surface area contributed by atoms with Crippen LogP contribution < -0.4 is 5.32 Å². The predicted molar refractivity (Wildman–Crippen MR) is 117 cm³/mol. The summed E-state index contributed by atoms with van der Waals surface area (Å²) in [6, 6.07) is 9.37. The molecule has 0 aliphatic carbocycles. The van der Waals surface area contributed by atoms with Gasteiger partial charge in [0.25, 0.3) is 11.8 Å². The fraction of sp³-hybridized carbons (Fsp3) is 0.391. The Morgan fingerprint density at radius 3 is 2.74 bits per heavy atom. The number of hydrogen-bond donors (Lipinski definition) is 3. The van der Waals surface area contributed by atoms with Crippen molar-refractivity contribution >= 4 is 29.2 Å². The molecule has 1 aromatic heterocycles. The SMILES string of the molecule is O=C1Nc2ccccc2C1=Cc1cc2c([nH]1)CCN(CC(O)CN1CCOCC1)C2=O. The van der Waals surface area contributed by atoms with E-state index in [2.05, 4.69) is 15.2 Å². The molecule has 1 atom stereocenters. The number of aliphatic hydroxyl groups excluding tert-OH is 1. The van der Waals surface area contributed by atoms with Crippen LogP contribution in [0.25, 0.3) is 11.6 Å². The van der Waals surface area contributed by atoms with E-state index in [4.69, 9.17) is 4.74 Å². The standard InChI is InChI=1S/C23H26N4O4/c28-16(13-26-7-9-31-10-8-26)14-27-6-5-21-19(23(27)30)12-15(24-21)11-18-17-3-1-2-4-20(17)25-22(18)29/h1-4,11-12,16,24,28H,5-10,13-14H2,(H,25,29). The molecule has 162 valence electrons. The normalized spacial score (nSPS) is 21.2. The number of benzene rings is 1. The maximum Gasteiger partial charge on any atom is 0.256 e. The zero-order valence-corrected chi connectivity index (χ0v) is 17.3. The minimum absolute atomic E-state index is 0.0838. The van der Waals surface area contributed by atoms with Gasteiger partial charge >= 0.3 is 0 Å². The van der Waals surface area contributed by atoms with Crippen LogP contribution in [0.15, 0.2) is 30.3 Å². The van der Waals surface area contributed by atoms with Gasteiger partial charge < -0.3 is 25.0 Å². The molecule has 2 aromatic rings. The minimum atomic E-state index is -0.595. The summed E-state index contributed by atoms with van der Waals surface area (Å²) in [5, 5.41) is 13.4. The molecule has 3 N–H and O–H groups in total. The average molecular weight is 422 g/mol. The van der Waals surface area contributed by atoms with Crippen molar-refractivity contribution in [3.8, 4) is 0 Å². The summed E-state index contributed by atoms with van der Waals surface area (Å²) in [5.74, 6) is -0.229. The van der Waals surface area contributed by atoms with Crippen LogP contribution >= 0.6 is 0 Å². The van der Waals surface area contributed by atoms with Crippen molar-refractivity contribution in [3.05, 3.63) is 52.8 Å². The topological polar surface area (TPSA) is 97.9 Å². The fourth-order valence-electron chi connectivity index (χ4n) is 4.51. The van der Waals surface area contributed by atoms with Crippen LogP contribution in [-0.2, 0) is 16.0 Å². The summed E-state index contributed by atoms with van der Waals surface area (Å²) in [6.07, 6.45) is 1.89. The first-order valence-corrected chi connectivity index (χ1v) is 10.7. The number of β-amino-alcohol motifs (C(OH)–C–C–N with tert-alkyl or cyclic N) is 1. The molecule has 1 saturated heterocycles. The molecule has 31 heavy (non-hydrogen) atoms. The van der Waals surface area contributed by atoms with Crippen molar-refractivity contribution in [2.75, 3.05) is 51.3 Å². The van der Waals surface area contributed by atoms with E-state index in [1.165, 1.54) is 0 Å². The second-order valence-corrected chi connectivity index (χ2v) is 8.24. The Balaban J connectivity index is 1.29. The van der Waals surface area contributed by atoms with Crippen molar-refractivity contribution in [1.82, 2.24) is 14.8 Å². The van der Waals surface area contributed by atoms with Crippen LogP contribution in [-0.4, -0.2) is 83.7 Å². The van der Waals surface area contributed by atoms with Crippen molar-refractivity contribution in [3.63, 3.8) is 0 Å². The van der Waals surface area contributed by atoms with E-state index in [0.29, 0.717) is 50.4 Å². The first-order chi connectivity index (χ1) is 15.1. The Kier molecular flexibility index (Phi) is 5.35. The number of carbonyl (C=O) groups excluding carboxylic acids is 2. The summed E-state index contributed by atoms with van der Waals surface area (Å²) < 4.78 is 5.34. The summed E-state index contributed by atoms with van der Waals surface area (Å²) in [4.78, 5) is 32.6. The summed E-state index contributed by atoms with van der Waals surface area (Å²) in [5.41, 5.74) is 4.46. The highest BCUT2D eigenvalue weighted by atomic mass is 16.5. The number of rotatable bonds is 5. The van der Waals surface area contributed by atoms with Crippen molar-refractivity contribution < 1.29 is 19.4 Å². The molecule has 0 saturated carbocycles. The molecule has 3 aliphatic rings. The Hall–Kier alpha value is -2.94. The number of para-hydroxylation sites is 1.